The quantitative estimate of drug-likeness (QED) is 0.130. The zero-order valence-electron chi connectivity index (χ0n) is 21.6. The van der Waals surface area contributed by atoms with Crippen molar-refractivity contribution < 1.29 is 24.0 Å². The fourth-order valence-electron chi connectivity index (χ4n) is 3.50. The number of benzene rings is 2. The van der Waals surface area contributed by atoms with Crippen molar-refractivity contribution in [2.45, 2.75) is 46.1 Å². The molecule has 204 valence electrons. The van der Waals surface area contributed by atoms with Gasteiger partial charge in [0.05, 0.1) is 34.0 Å². The molecule has 0 atom stereocenters. The molecule has 2 aromatic heterocycles. The lowest BCUT2D eigenvalue weighted by Crippen LogP contribution is -2.28. The van der Waals surface area contributed by atoms with Crippen LogP contribution < -0.4 is 4.90 Å². The number of nitro benzene ring substituents is 1. The second-order valence-electron chi connectivity index (χ2n) is 9.37. The van der Waals surface area contributed by atoms with Crippen LogP contribution in [0.5, 0.6) is 0 Å². The van der Waals surface area contributed by atoms with Crippen molar-refractivity contribution in [2.75, 3.05) is 11.5 Å². The van der Waals surface area contributed by atoms with Gasteiger partial charge in [0.15, 0.2) is 0 Å². The highest BCUT2D eigenvalue weighted by molar-refractivity contribution is 7.18. The number of hydrogen-bond donors (Lipinski definition) is 0. The lowest BCUT2D eigenvalue weighted by Gasteiger charge is -2.21. The Morgan fingerprint density at radius 3 is 2.67 bits per heavy atom. The summed E-state index contributed by atoms with van der Waals surface area (Å²) in [5.74, 6) is 0. The molecule has 0 saturated carbocycles. The van der Waals surface area contributed by atoms with E-state index >= 15 is 0 Å². The predicted molar refractivity (Wildman–Crippen MR) is 147 cm³/mol. The molecule has 0 fully saturated rings. The van der Waals surface area contributed by atoms with E-state index in [-0.39, 0.29) is 28.1 Å². The normalized spacial score (nSPS) is 11.4. The smallest absolute Gasteiger partial charge is 0.435 e. The molecule has 2 heterocycles. The van der Waals surface area contributed by atoms with E-state index in [1.165, 1.54) is 23.2 Å². The highest BCUT2D eigenvalue weighted by atomic mass is 35.5. The molecule has 0 unspecified atom stereocenters. The van der Waals surface area contributed by atoms with Gasteiger partial charge in [-0.25, -0.2) is 14.5 Å². The molecule has 0 aliphatic carbocycles. The molecule has 0 N–H and O–H groups in total. The number of halogens is 1. The maximum atomic E-state index is 13.3. The number of hydrogen-bond acceptors (Lipinski definition) is 10. The third-order valence-corrected chi connectivity index (χ3v) is 6.64. The number of anilines is 2. The summed E-state index contributed by atoms with van der Waals surface area (Å²) in [7, 11) is 0. The Morgan fingerprint density at radius 1 is 1.21 bits per heavy atom. The van der Waals surface area contributed by atoms with Crippen molar-refractivity contribution in [3.05, 3.63) is 57.7 Å². The molecule has 0 bridgehead atoms. The van der Waals surface area contributed by atoms with E-state index in [0.717, 1.165) is 22.4 Å². The van der Waals surface area contributed by atoms with Crippen LogP contribution in [0.4, 0.5) is 26.1 Å². The maximum absolute atomic E-state index is 13.3. The molecular formula is C25H25ClN6O6S. The van der Waals surface area contributed by atoms with E-state index in [4.69, 9.17) is 21.1 Å². The maximum Gasteiger partial charge on any atom is 0.435 e. The van der Waals surface area contributed by atoms with Crippen LogP contribution in [0.15, 0.2) is 42.6 Å². The molecule has 14 heteroatoms. The first-order chi connectivity index (χ1) is 18.5. The molecule has 12 nitrogen and oxygen atoms in total. The SMILES string of the molecule is CCCCOC(=O)N(c1nnc(-c2cccc([N+](=O)[O-])c2)s1)c1ccc2c(cnn2C(=O)OC(C)(C)C)c1Cl. The third-order valence-electron chi connectivity index (χ3n) is 5.29. The molecular weight excluding hydrogens is 548 g/mol. The number of nitrogens with zero attached hydrogens (tertiary/aromatic N) is 6. The molecule has 0 saturated heterocycles. The summed E-state index contributed by atoms with van der Waals surface area (Å²) in [5, 5.41) is 24.7. The van der Waals surface area contributed by atoms with Gasteiger partial charge in [0, 0.05) is 23.1 Å². The van der Waals surface area contributed by atoms with Crippen molar-refractivity contribution >= 4 is 62.5 Å². The average molecular weight is 573 g/mol. The molecule has 0 aliphatic rings. The Bertz CT molecular complexity index is 1550. The van der Waals surface area contributed by atoms with E-state index in [0.29, 0.717) is 27.9 Å². The summed E-state index contributed by atoms with van der Waals surface area (Å²) in [6.07, 6.45) is 1.47. The minimum atomic E-state index is -0.731. The summed E-state index contributed by atoms with van der Waals surface area (Å²) < 4.78 is 12.0. The summed E-state index contributed by atoms with van der Waals surface area (Å²) in [4.78, 5) is 37.8. The first-order valence-corrected chi connectivity index (χ1v) is 13.1. The van der Waals surface area contributed by atoms with Crippen molar-refractivity contribution in [3.63, 3.8) is 0 Å². The van der Waals surface area contributed by atoms with Crippen LogP contribution in [0.1, 0.15) is 40.5 Å². The standard InChI is InChI=1S/C25H25ClN6O6S/c1-5-6-12-37-23(33)30(22-29-28-21(39-22)15-8-7-9-16(13-15)32(35)36)19-11-10-18-17(20(19)26)14-27-31(18)24(34)38-25(2,3)4/h7-11,13-14H,5-6,12H2,1-4H3. The largest absolute Gasteiger partial charge is 0.449 e. The van der Waals surface area contributed by atoms with Crippen molar-refractivity contribution in [2.24, 2.45) is 0 Å². The van der Waals surface area contributed by atoms with Gasteiger partial charge in [-0.1, -0.05) is 48.4 Å². The highest BCUT2D eigenvalue weighted by Gasteiger charge is 2.29. The van der Waals surface area contributed by atoms with Crippen LogP contribution in [-0.4, -0.2) is 49.3 Å². The number of ether oxygens (including phenoxy) is 2. The number of carbonyl (C=O) groups excluding carboxylic acids is 2. The predicted octanol–water partition coefficient (Wildman–Crippen LogP) is 6.97. The lowest BCUT2D eigenvalue weighted by atomic mass is 10.2. The van der Waals surface area contributed by atoms with Crippen LogP contribution in [0.3, 0.4) is 0 Å². The number of carbonyl (C=O) groups is 2. The van der Waals surface area contributed by atoms with Crippen molar-refractivity contribution in [3.8, 4) is 10.6 Å². The second kappa shape index (κ2) is 11.3. The van der Waals surface area contributed by atoms with E-state index in [2.05, 4.69) is 15.3 Å². The Labute approximate surface area is 232 Å². The molecule has 1 amide bonds. The zero-order valence-corrected chi connectivity index (χ0v) is 23.2. The van der Waals surface area contributed by atoms with Gasteiger partial charge in [-0.2, -0.15) is 9.78 Å². The molecule has 0 spiro atoms. The fourth-order valence-corrected chi connectivity index (χ4v) is 4.64. The first-order valence-electron chi connectivity index (χ1n) is 11.9. The highest BCUT2D eigenvalue weighted by Crippen LogP contribution is 2.40. The van der Waals surface area contributed by atoms with Crippen LogP contribution >= 0.6 is 22.9 Å². The Morgan fingerprint density at radius 2 is 1.97 bits per heavy atom. The molecule has 0 radical (unpaired) electrons. The summed E-state index contributed by atoms with van der Waals surface area (Å²) in [6.45, 7) is 7.38. The third kappa shape index (κ3) is 6.15. The number of fused-ring (bicyclic) bond motifs is 1. The van der Waals surface area contributed by atoms with Gasteiger partial charge in [0.1, 0.15) is 10.6 Å². The minimum Gasteiger partial charge on any atom is -0.449 e. The van der Waals surface area contributed by atoms with Crippen LogP contribution in [-0.2, 0) is 9.47 Å². The minimum absolute atomic E-state index is 0.101. The van der Waals surface area contributed by atoms with Crippen LogP contribution in [0.2, 0.25) is 5.02 Å². The van der Waals surface area contributed by atoms with E-state index < -0.39 is 22.7 Å². The summed E-state index contributed by atoms with van der Waals surface area (Å²) in [5.41, 5.74) is 0.248. The number of unbranched alkanes of at least 4 members (excludes halogenated alkanes) is 1. The lowest BCUT2D eigenvalue weighted by molar-refractivity contribution is -0.384. The second-order valence-corrected chi connectivity index (χ2v) is 10.7. The van der Waals surface area contributed by atoms with E-state index in [9.17, 15) is 19.7 Å². The fraction of sp³-hybridized carbons (Fsp3) is 0.320. The molecule has 0 aliphatic heterocycles. The number of aromatic nitrogens is 4. The van der Waals surface area contributed by atoms with Crippen molar-refractivity contribution in [1.82, 2.24) is 20.0 Å². The summed E-state index contributed by atoms with van der Waals surface area (Å²) >= 11 is 7.78. The van der Waals surface area contributed by atoms with Crippen molar-refractivity contribution in [1.29, 1.82) is 0 Å². The van der Waals surface area contributed by atoms with Gasteiger partial charge in [-0.05, 0) is 39.3 Å². The number of nitro groups is 1. The summed E-state index contributed by atoms with van der Waals surface area (Å²) in [6, 6.07) is 9.07. The molecule has 39 heavy (non-hydrogen) atoms. The molecule has 4 aromatic rings. The Kier molecular flexibility index (Phi) is 8.11. The zero-order chi connectivity index (χ0) is 28.3. The van der Waals surface area contributed by atoms with Crippen LogP contribution in [0, 0.1) is 10.1 Å². The van der Waals surface area contributed by atoms with Crippen LogP contribution in [0.25, 0.3) is 21.5 Å². The molecule has 2 aromatic carbocycles. The number of rotatable bonds is 7. The van der Waals surface area contributed by atoms with Gasteiger partial charge >= 0.3 is 12.2 Å². The van der Waals surface area contributed by atoms with E-state index in [1.54, 1.807) is 45.0 Å². The number of non-ortho nitro benzene ring substituents is 1. The molecule has 4 rings (SSSR count). The number of amides is 1. The Balaban J connectivity index is 1.76. The van der Waals surface area contributed by atoms with E-state index in [1.807, 2.05) is 6.92 Å². The Hall–Kier alpha value is -4.10. The average Bonchev–Trinajstić information content (AvgIpc) is 3.53. The van der Waals surface area contributed by atoms with Gasteiger partial charge in [0.2, 0.25) is 5.13 Å². The topological polar surface area (TPSA) is 143 Å². The van der Waals surface area contributed by atoms with Gasteiger partial charge < -0.3 is 9.47 Å². The van der Waals surface area contributed by atoms with Gasteiger partial charge in [-0.15, -0.1) is 10.2 Å². The monoisotopic (exact) mass is 572 g/mol. The first kappa shape index (κ1) is 27.9. The van der Waals surface area contributed by atoms with Gasteiger partial charge in [0.25, 0.3) is 5.69 Å². The van der Waals surface area contributed by atoms with Gasteiger partial charge in [-0.3, -0.25) is 10.1 Å².